The highest BCUT2D eigenvalue weighted by Gasteiger charge is 2.18. The summed E-state index contributed by atoms with van der Waals surface area (Å²) < 4.78 is 12.6. The van der Waals surface area contributed by atoms with Gasteiger partial charge in [-0.2, -0.15) is 0 Å². The van der Waals surface area contributed by atoms with E-state index in [4.69, 9.17) is 5.11 Å². The molecule has 0 radical (unpaired) electrons. The molecule has 1 atom stereocenters. The molecule has 0 aliphatic carbocycles. The second-order valence-corrected chi connectivity index (χ2v) is 4.03. The molecule has 0 fully saturated rings. The third-order valence-electron chi connectivity index (χ3n) is 2.05. The molecule has 16 heavy (non-hydrogen) atoms. The van der Waals surface area contributed by atoms with Gasteiger partial charge in [0.25, 0.3) is 0 Å². The summed E-state index contributed by atoms with van der Waals surface area (Å²) in [6.07, 6.45) is 1.55. The van der Waals surface area contributed by atoms with Crippen LogP contribution in [0.25, 0.3) is 0 Å². The van der Waals surface area contributed by atoms with E-state index >= 15 is 0 Å². The van der Waals surface area contributed by atoms with Crippen LogP contribution in [-0.4, -0.2) is 22.1 Å². The Morgan fingerprint density at radius 3 is 2.69 bits per heavy atom. The maximum atomic E-state index is 12.6. The highest BCUT2D eigenvalue weighted by Crippen LogP contribution is 2.11. The van der Waals surface area contributed by atoms with Crippen molar-refractivity contribution in [2.75, 3.05) is 5.32 Å². The lowest BCUT2D eigenvalue weighted by Crippen LogP contribution is -2.31. The Morgan fingerprint density at radius 2 is 2.25 bits per heavy atom. The number of carboxylic acid groups (broad SMARTS) is 1. The van der Waals surface area contributed by atoms with E-state index in [0.717, 1.165) is 6.20 Å². The molecule has 0 bridgehead atoms. The van der Waals surface area contributed by atoms with Gasteiger partial charge in [0, 0.05) is 0 Å². The summed E-state index contributed by atoms with van der Waals surface area (Å²) >= 11 is 0. The zero-order valence-electron chi connectivity index (χ0n) is 9.27. The van der Waals surface area contributed by atoms with E-state index in [1.165, 1.54) is 12.1 Å². The van der Waals surface area contributed by atoms with Crippen LogP contribution in [0.2, 0.25) is 0 Å². The van der Waals surface area contributed by atoms with Gasteiger partial charge in [0.05, 0.1) is 6.20 Å². The molecule has 0 aliphatic heterocycles. The maximum absolute atomic E-state index is 12.6. The number of aliphatic carboxylic acids is 1. The Hall–Kier alpha value is -1.65. The minimum Gasteiger partial charge on any atom is -0.480 e. The van der Waals surface area contributed by atoms with Crippen molar-refractivity contribution in [3.8, 4) is 0 Å². The van der Waals surface area contributed by atoms with Crippen molar-refractivity contribution in [2.24, 2.45) is 5.92 Å². The third-order valence-corrected chi connectivity index (χ3v) is 2.05. The SMILES string of the molecule is CC(C)C[C@@H](Nc1ccc(F)cn1)C(=O)O. The maximum Gasteiger partial charge on any atom is 0.326 e. The van der Waals surface area contributed by atoms with Crippen molar-refractivity contribution in [2.45, 2.75) is 26.3 Å². The summed E-state index contributed by atoms with van der Waals surface area (Å²) in [6, 6.07) is 1.97. The third kappa shape index (κ3) is 3.84. The van der Waals surface area contributed by atoms with Crippen molar-refractivity contribution in [1.82, 2.24) is 4.98 Å². The number of nitrogens with one attached hydrogen (secondary N) is 1. The molecule has 0 spiro atoms. The van der Waals surface area contributed by atoms with Crippen LogP contribution in [0.15, 0.2) is 18.3 Å². The van der Waals surface area contributed by atoms with E-state index < -0.39 is 17.8 Å². The molecule has 0 saturated heterocycles. The number of aromatic nitrogens is 1. The molecule has 0 amide bonds. The largest absolute Gasteiger partial charge is 0.480 e. The Balaban J connectivity index is 2.68. The van der Waals surface area contributed by atoms with E-state index in [2.05, 4.69) is 10.3 Å². The van der Waals surface area contributed by atoms with Gasteiger partial charge in [0.15, 0.2) is 0 Å². The lowest BCUT2D eigenvalue weighted by atomic mass is 10.0. The number of carboxylic acids is 1. The molecule has 0 aliphatic rings. The normalized spacial score (nSPS) is 12.5. The summed E-state index contributed by atoms with van der Waals surface area (Å²) in [5, 5.41) is 11.7. The van der Waals surface area contributed by atoms with E-state index in [0.29, 0.717) is 12.2 Å². The molecule has 0 saturated carbocycles. The second-order valence-electron chi connectivity index (χ2n) is 4.03. The van der Waals surface area contributed by atoms with Crippen molar-refractivity contribution in [3.05, 3.63) is 24.1 Å². The van der Waals surface area contributed by atoms with Gasteiger partial charge in [-0.25, -0.2) is 14.2 Å². The van der Waals surface area contributed by atoms with Crippen molar-refractivity contribution in [1.29, 1.82) is 0 Å². The lowest BCUT2D eigenvalue weighted by molar-refractivity contribution is -0.138. The van der Waals surface area contributed by atoms with Gasteiger partial charge in [-0.3, -0.25) is 0 Å². The van der Waals surface area contributed by atoms with Crippen LogP contribution < -0.4 is 5.32 Å². The van der Waals surface area contributed by atoms with E-state index in [-0.39, 0.29) is 5.92 Å². The first-order valence-electron chi connectivity index (χ1n) is 5.10. The van der Waals surface area contributed by atoms with Crippen molar-refractivity contribution in [3.63, 3.8) is 0 Å². The average molecular weight is 226 g/mol. The van der Waals surface area contributed by atoms with Gasteiger partial charge in [0.2, 0.25) is 0 Å². The van der Waals surface area contributed by atoms with Crippen LogP contribution in [0, 0.1) is 11.7 Å². The van der Waals surface area contributed by atoms with Crippen molar-refractivity contribution >= 4 is 11.8 Å². The summed E-state index contributed by atoms with van der Waals surface area (Å²) in [4.78, 5) is 14.7. The monoisotopic (exact) mass is 226 g/mol. The molecule has 1 aromatic rings. The topological polar surface area (TPSA) is 62.2 Å². The minimum atomic E-state index is -0.931. The number of pyridine rings is 1. The number of hydrogen-bond acceptors (Lipinski definition) is 3. The molecule has 1 aromatic heterocycles. The number of halogens is 1. The molecular formula is C11H15FN2O2. The number of anilines is 1. The second kappa shape index (κ2) is 5.44. The fourth-order valence-corrected chi connectivity index (χ4v) is 1.33. The molecule has 0 aromatic carbocycles. The summed E-state index contributed by atoms with van der Waals surface area (Å²) in [6.45, 7) is 3.88. The van der Waals surface area contributed by atoms with Crippen LogP contribution in [0.4, 0.5) is 10.2 Å². The zero-order valence-corrected chi connectivity index (χ0v) is 9.27. The lowest BCUT2D eigenvalue weighted by Gasteiger charge is -2.16. The number of rotatable bonds is 5. The summed E-state index contributed by atoms with van der Waals surface area (Å²) in [5.74, 6) is -0.746. The smallest absolute Gasteiger partial charge is 0.326 e. The van der Waals surface area contributed by atoms with Gasteiger partial charge < -0.3 is 10.4 Å². The van der Waals surface area contributed by atoms with Crippen LogP contribution in [0.3, 0.4) is 0 Å². The zero-order chi connectivity index (χ0) is 12.1. The van der Waals surface area contributed by atoms with Gasteiger partial charge in [-0.05, 0) is 24.5 Å². The first kappa shape index (κ1) is 12.4. The van der Waals surface area contributed by atoms with E-state index in [9.17, 15) is 9.18 Å². The minimum absolute atomic E-state index is 0.258. The van der Waals surface area contributed by atoms with E-state index in [1.54, 1.807) is 0 Å². The van der Waals surface area contributed by atoms with Gasteiger partial charge in [0.1, 0.15) is 17.7 Å². The molecule has 0 unspecified atom stereocenters. The predicted molar refractivity (Wildman–Crippen MR) is 58.7 cm³/mol. The Labute approximate surface area is 93.5 Å². The highest BCUT2D eigenvalue weighted by atomic mass is 19.1. The molecule has 5 heteroatoms. The standard InChI is InChI=1S/C11H15FN2O2/c1-7(2)5-9(11(15)16)14-10-4-3-8(12)6-13-10/h3-4,6-7,9H,5H2,1-2H3,(H,13,14)(H,15,16)/t9-/m1/s1. The molecule has 88 valence electrons. The van der Waals surface area contributed by atoms with Gasteiger partial charge in [-0.15, -0.1) is 0 Å². The average Bonchev–Trinajstić information content (AvgIpc) is 2.19. The van der Waals surface area contributed by atoms with Gasteiger partial charge in [-0.1, -0.05) is 13.8 Å². The summed E-state index contributed by atoms with van der Waals surface area (Å²) in [5.41, 5.74) is 0. The van der Waals surface area contributed by atoms with Gasteiger partial charge >= 0.3 is 5.97 Å². The molecule has 4 nitrogen and oxygen atoms in total. The highest BCUT2D eigenvalue weighted by molar-refractivity contribution is 5.76. The van der Waals surface area contributed by atoms with Crippen molar-refractivity contribution < 1.29 is 14.3 Å². The number of hydrogen-bond donors (Lipinski definition) is 2. The predicted octanol–water partition coefficient (Wildman–Crippen LogP) is 2.13. The summed E-state index contributed by atoms with van der Waals surface area (Å²) in [7, 11) is 0. The molecule has 2 N–H and O–H groups in total. The number of carbonyl (C=O) groups is 1. The number of nitrogens with zero attached hydrogens (tertiary/aromatic N) is 1. The molecule has 1 heterocycles. The fourth-order valence-electron chi connectivity index (χ4n) is 1.33. The van der Waals surface area contributed by atoms with Crippen LogP contribution >= 0.6 is 0 Å². The van der Waals surface area contributed by atoms with Crippen LogP contribution in [0.5, 0.6) is 0 Å². The first-order chi connectivity index (χ1) is 7.49. The molecular weight excluding hydrogens is 211 g/mol. The fraction of sp³-hybridized carbons (Fsp3) is 0.455. The van der Waals surface area contributed by atoms with Crippen LogP contribution in [0.1, 0.15) is 20.3 Å². The molecule has 1 rings (SSSR count). The quantitative estimate of drug-likeness (QED) is 0.807. The Bertz CT molecular complexity index is 352. The Morgan fingerprint density at radius 1 is 1.56 bits per heavy atom. The van der Waals surface area contributed by atoms with Crippen LogP contribution in [-0.2, 0) is 4.79 Å². The van der Waals surface area contributed by atoms with E-state index in [1.807, 2.05) is 13.8 Å². The Kier molecular flexibility index (Phi) is 4.22. The first-order valence-corrected chi connectivity index (χ1v) is 5.10.